The molecule has 7 heteroatoms. The van der Waals surface area contributed by atoms with Crippen molar-refractivity contribution in [3.05, 3.63) is 17.5 Å². The summed E-state index contributed by atoms with van der Waals surface area (Å²) in [6, 6.07) is 2.93. The van der Waals surface area contributed by atoms with E-state index in [0.717, 1.165) is 57.0 Å². The Bertz CT molecular complexity index is 619. The van der Waals surface area contributed by atoms with Crippen molar-refractivity contribution >= 4 is 5.91 Å². The molecule has 1 aromatic rings. The van der Waals surface area contributed by atoms with Gasteiger partial charge in [0.2, 0.25) is 5.91 Å². The number of hydrogen-bond donors (Lipinski definition) is 1. The molecule has 138 valence electrons. The number of likely N-dealkylation sites (tertiary alicyclic amines) is 1. The maximum Gasteiger partial charge on any atom is 0.222 e. The van der Waals surface area contributed by atoms with Crippen molar-refractivity contribution in [1.29, 1.82) is 0 Å². The number of carbonyl (C=O) groups excluding carboxylic acids is 1. The van der Waals surface area contributed by atoms with Crippen molar-refractivity contribution in [3.63, 3.8) is 0 Å². The second-order valence-corrected chi connectivity index (χ2v) is 7.60. The van der Waals surface area contributed by atoms with E-state index < -0.39 is 0 Å². The molecule has 1 amide bonds. The number of aromatic nitrogens is 1. The van der Waals surface area contributed by atoms with Gasteiger partial charge in [0.05, 0.1) is 25.4 Å². The van der Waals surface area contributed by atoms with Crippen LogP contribution in [-0.2, 0) is 9.53 Å². The van der Waals surface area contributed by atoms with Gasteiger partial charge in [-0.2, -0.15) is 0 Å². The molecule has 0 saturated carbocycles. The van der Waals surface area contributed by atoms with Crippen molar-refractivity contribution < 1.29 is 14.1 Å². The topological polar surface area (TPSA) is 70.8 Å². The zero-order valence-electron chi connectivity index (χ0n) is 15.1. The molecule has 4 atom stereocenters. The van der Waals surface area contributed by atoms with Crippen LogP contribution in [-0.4, -0.2) is 65.4 Å². The highest BCUT2D eigenvalue weighted by Gasteiger charge is 2.40. The Balaban J connectivity index is 1.49. The number of carbonyl (C=O) groups is 1. The molecule has 3 unspecified atom stereocenters. The summed E-state index contributed by atoms with van der Waals surface area (Å²) in [7, 11) is 0. The summed E-state index contributed by atoms with van der Waals surface area (Å²) in [5.41, 5.74) is 0.992. The number of rotatable bonds is 3. The first-order chi connectivity index (χ1) is 12.1. The molecular formula is C18H28N4O3. The average Bonchev–Trinajstić information content (AvgIpc) is 3.23. The molecule has 0 aliphatic carbocycles. The minimum absolute atomic E-state index is 0.0748. The van der Waals surface area contributed by atoms with Gasteiger partial charge in [-0.3, -0.25) is 14.6 Å². The van der Waals surface area contributed by atoms with Crippen LogP contribution in [0, 0.1) is 6.92 Å². The molecule has 0 radical (unpaired) electrons. The first kappa shape index (κ1) is 17.0. The summed E-state index contributed by atoms with van der Waals surface area (Å²) in [6.45, 7) is 7.54. The van der Waals surface area contributed by atoms with E-state index in [9.17, 15) is 4.79 Å². The minimum atomic E-state index is 0.0748. The van der Waals surface area contributed by atoms with E-state index in [-0.39, 0.29) is 24.2 Å². The molecule has 1 aromatic heterocycles. The number of nitrogens with one attached hydrogen (secondary N) is 1. The zero-order chi connectivity index (χ0) is 17.4. The summed E-state index contributed by atoms with van der Waals surface area (Å²) < 4.78 is 10.8. The molecule has 0 bridgehead atoms. The number of nitrogens with zero attached hydrogens (tertiary/aromatic N) is 3. The summed E-state index contributed by atoms with van der Waals surface area (Å²) in [4.78, 5) is 17.3. The van der Waals surface area contributed by atoms with Gasteiger partial charge in [-0.05, 0) is 33.1 Å². The molecule has 3 aliphatic rings. The van der Waals surface area contributed by atoms with Gasteiger partial charge in [0.25, 0.3) is 0 Å². The van der Waals surface area contributed by atoms with Crippen LogP contribution < -0.4 is 5.32 Å². The van der Waals surface area contributed by atoms with Gasteiger partial charge >= 0.3 is 0 Å². The SMILES string of the molecule is Cc1cc(C2CCCN2C2CC(N3CCOC[C@H]3C)CC(=O)N2)no1. The Kier molecular flexibility index (Phi) is 4.80. The van der Waals surface area contributed by atoms with Crippen molar-refractivity contribution in [1.82, 2.24) is 20.3 Å². The van der Waals surface area contributed by atoms with Crippen LogP contribution in [0.5, 0.6) is 0 Å². The van der Waals surface area contributed by atoms with Crippen LogP contribution in [0.15, 0.2) is 10.6 Å². The highest BCUT2D eigenvalue weighted by molar-refractivity contribution is 5.77. The van der Waals surface area contributed by atoms with Crippen LogP contribution in [0.1, 0.15) is 50.1 Å². The standard InChI is InChI=1S/C18H28N4O3/c1-12-11-24-7-6-21(12)14-9-17(19-18(23)10-14)22-5-3-4-16(22)15-8-13(2)25-20-15/h8,12,14,16-17H,3-7,9-11H2,1-2H3,(H,19,23)/t12-,14?,16?,17?/m1/s1. The van der Waals surface area contributed by atoms with Gasteiger partial charge in [-0.15, -0.1) is 0 Å². The second-order valence-electron chi connectivity index (χ2n) is 7.60. The summed E-state index contributed by atoms with van der Waals surface area (Å²) >= 11 is 0. The maximum absolute atomic E-state index is 12.4. The molecule has 1 N–H and O–H groups in total. The maximum atomic E-state index is 12.4. The van der Waals surface area contributed by atoms with Crippen molar-refractivity contribution in [2.45, 2.75) is 63.8 Å². The van der Waals surface area contributed by atoms with Crippen molar-refractivity contribution in [2.24, 2.45) is 0 Å². The van der Waals surface area contributed by atoms with E-state index in [1.165, 1.54) is 0 Å². The van der Waals surface area contributed by atoms with Gasteiger partial charge in [-0.1, -0.05) is 5.16 Å². The number of morpholine rings is 1. The molecule has 3 saturated heterocycles. The van der Waals surface area contributed by atoms with Gasteiger partial charge in [-0.25, -0.2) is 0 Å². The molecule has 3 fully saturated rings. The summed E-state index contributed by atoms with van der Waals surface area (Å²) in [5.74, 6) is 0.997. The largest absolute Gasteiger partial charge is 0.379 e. The molecule has 0 aromatic carbocycles. The van der Waals surface area contributed by atoms with Gasteiger partial charge in [0, 0.05) is 37.7 Å². The van der Waals surface area contributed by atoms with Gasteiger partial charge in [0.15, 0.2) is 0 Å². The lowest BCUT2D eigenvalue weighted by atomic mass is 9.98. The summed E-state index contributed by atoms with van der Waals surface area (Å²) in [6.07, 6.45) is 3.82. The highest BCUT2D eigenvalue weighted by Crippen LogP contribution is 2.35. The first-order valence-corrected chi connectivity index (χ1v) is 9.43. The van der Waals surface area contributed by atoms with Crippen LogP contribution in [0.3, 0.4) is 0 Å². The summed E-state index contributed by atoms with van der Waals surface area (Å²) in [5, 5.41) is 7.45. The Labute approximate surface area is 148 Å². The van der Waals surface area contributed by atoms with Gasteiger partial charge in [0.1, 0.15) is 11.5 Å². The van der Waals surface area contributed by atoms with Crippen LogP contribution in [0.25, 0.3) is 0 Å². The van der Waals surface area contributed by atoms with Crippen LogP contribution >= 0.6 is 0 Å². The molecule has 3 aliphatic heterocycles. The Morgan fingerprint density at radius 2 is 2.20 bits per heavy atom. The number of aryl methyl sites for hydroxylation is 1. The van der Waals surface area contributed by atoms with E-state index in [1.807, 2.05) is 13.0 Å². The van der Waals surface area contributed by atoms with E-state index in [1.54, 1.807) is 0 Å². The monoisotopic (exact) mass is 348 g/mol. The van der Waals surface area contributed by atoms with E-state index in [4.69, 9.17) is 9.26 Å². The molecule has 0 spiro atoms. The smallest absolute Gasteiger partial charge is 0.222 e. The highest BCUT2D eigenvalue weighted by atomic mass is 16.5. The van der Waals surface area contributed by atoms with Crippen molar-refractivity contribution in [2.75, 3.05) is 26.3 Å². The normalized spacial score (nSPS) is 35.0. The number of piperidine rings is 1. The third kappa shape index (κ3) is 3.45. The lowest BCUT2D eigenvalue weighted by molar-refractivity contribution is -0.130. The van der Waals surface area contributed by atoms with E-state index >= 15 is 0 Å². The predicted octanol–water partition coefficient (Wildman–Crippen LogP) is 1.45. The molecule has 7 nitrogen and oxygen atoms in total. The fraction of sp³-hybridized carbons (Fsp3) is 0.778. The predicted molar refractivity (Wildman–Crippen MR) is 91.9 cm³/mol. The fourth-order valence-corrected chi connectivity index (χ4v) is 4.63. The molecule has 4 heterocycles. The zero-order valence-corrected chi connectivity index (χ0v) is 15.1. The number of amides is 1. The van der Waals surface area contributed by atoms with Crippen molar-refractivity contribution in [3.8, 4) is 0 Å². The van der Waals surface area contributed by atoms with Crippen LogP contribution in [0.2, 0.25) is 0 Å². The lowest BCUT2D eigenvalue weighted by Gasteiger charge is -2.45. The van der Waals surface area contributed by atoms with E-state index in [0.29, 0.717) is 12.5 Å². The van der Waals surface area contributed by atoms with E-state index in [2.05, 4.69) is 27.2 Å². The number of hydrogen-bond acceptors (Lipinski definition) is 6. The minimum Gasteiger partial charge on any atom is -0.379 e. The quantitative estimate of drug-likeness (QED) is 0.891. The third-order valence-electron chi connectivity index (χ3n) is 5.81. The van der Waals surface area contributed by atoms with Gasteiger partial charge < -0.3 is 14.6 Å². The Morgan fingerprint density at radius 3 is 2.96 bits per heavy atom. The number of ether oxygens (including phenoxy) is 1. The molecule has 4 rings (SSSR count). The average molecular weight is 348 g/mol. The Hall–Kier alpha value is -1.44. The molecule has 25 heavy (non-hydrogen) atoms. The Morgan fingerprint density at radius 1 is 1.32 bits per heavy atom. The third-order valence-corrected chi connectivity index (χ3v) is 5.81. The fourth-order valence-electron chi connectivity index (χ4n) is 4.63. The molecular weight excluding hydrogens is 320 g/mol. The second kappa shape index (κ2) is 7.05. The van der Waals surface area contributed by atoms with Crippen LogP contribution in [0.4, 0.5) is 0 Å². The lowest BCUT2D eigenvalue weighted by Crippen LogP contribution is -2.59. The first-order valence-electron chi connectivity index (χ1n) is 9.43.